The van der Waals surface area contributed by atoms with Crippen LogP contribution in [-0.2, 0) is 9.59 Å². The monoisotopic (exact) mass is 425 g/mol. The molecule has 0 aliphatic carbocycles. The molecule has 2 heterocycles. The van der Waals surface area contributed by atoms with Gasteiger partial charge < -0.3 is 0 Å². The minimum atomic E-state index is -0.668. The van der Waals surface area contributed by atoms with Gasteiger partial charge in [-0.2, -0.15) is 5.01 Å². The van der Waals surface area contributed by atoms with Gasteiger partial charge in [0.25, 0.3) is 11.8 Å². The molecular formula is C22H20ClN3O2S. The van der Waals surface area contributed by atoms with E-state index < -0.39 is 5.92 Å². The van der Waals surface area contributed by atoms with Crippen LogP contribution in [0.5, 0.6) is 0 Å². The van der Waals surface area contributed by atoms with E-state index in [1.54, 1.807) is 12.1 Å². The zero-order chi connectivity index (χ0) is 20.4. The molecular weight excluding hydrogens is 406 g/mol. The molecule has 148 valence electrons. The van der Waals surface area contributed by atoms with Gasteiger partial charge in [-0.05, 0) is 30.7 Å². The number of halogens is 1. The molecule has 3 aromatic rings. The molecule has 1 fully saturated rings. The van der Waals surface area contributed by atoms with Gasteiger partial charge in [0, 0.05) is 16.0 Å². The highest BCUT2D eigenvalue weighted by Crippen LogP contribution is 2.37. The van der Waals surface area contributed by atoms with Gasteiger partial charge in [0.15, 0.2) is 0 Å². The molecule has 4 rings (SSSR count). The molecule has 2 amide bonds. The maximum Gasteiger partial charge on any atom is 0.260 e. The van der Waals surface area contributed by atoms with Gasteiger partial charge in [-0.25, -0.2) is 9.99 Å². The first-order chi connectivity index (χ1) is 14.1. The summed E-state index contributed by atoms with van der Waals surface area (Å²) in [5.74, 6) is -1.08. The second-order valence-electron chi connectivity index (χ2n) is 6.85. The maximum atomic E-state index is 13.2. The number of amides is 2. The molecule has 5 nitrogen and oxygen atoms in total. The Hall–Kier alpha value is -2.70. The van der Waals surface area contributed by atoms with Crippen LogP contribution in [0, 0.1) is 5.92 Å². The Bertz CT molecular complexity index is 1020. The smallest absolute Gasteiger partial charge is 0.260 e. The van der Waals surface area contributed by atoms with Crippen LogP contribution in [0.15, 0.2) is 60.0 Å². The van der Waals surface area contributed by atoms with Gasteiger partial charge in [0.05, 0.1) is 11.4 Å². The third kappa shape index (κ3) is 3.78. The number of thiazole rings is 1. The van der Waals surface area contributed by atoms with Crippen LogP contribution in [0.1, 0.15) is 26.2 Å². The van der Waals surface area contributed by atoms with Crippen LogP contribution in [-0.4, -0.2) is 16.8 Å². The van der Waals surface area contributed by atoms with Crippen molar-refractivity contribution in [3.63, 3.8) is 0 Å². The second-order valence-corrected chi connectivity index (χ2v) is 8.13. The fraction of sp³-hybridized carbons (Fsp3) is 0.227. The number of carbonyl (C=O) groups excluding carboxylic acids is 2. The summed E-state index contributed by atoms with van der Waals surface area (Å²) in [7, 11) is 0. The van der Waals surface area contributed by atoms with Crippen molar-refractivity contribution in [2.45, 2.75) is 26.2 Å². The Morgan fingerprint density at radius 3 is 2.38 bits per heavy atom. The average molecular weight is 426 g/mol. The van der Waals surface area contributed by atoms with E-state index in [0.29, 0.717) is 22.3 Å². The SMILES string of the molecule is CCCCC1C(=O)N(c2ccccc2)N(c2nc(-c3ccc(Cl)cc3)cs2)C1=O. The lowest BCUT2D eigenvalue weighted by atomic mass is 10.0. The molecule has 29 heavy (non-hydrogen) atoms. The number of unbranched alkanes of at least 4 members (excludes halogenated alkanes) is 1. The van der Waals surface area contributed by atoms with E-state index in [9.17, 15) is 9.59 Å². The van der Waals surface area contributed by atoms with E-state index in [0.717, 1.165) is 24.1 Å². The van der Waals surface area contributed by atoms with Crippen molar-refractivity contribution >= 4 is 45.6 Å². The number of hydrazine groups is 1. The minimum absolute atomic E-state index is 0.196. The summed E-state index contributed by atoms with van der Waals surface area (Å²) in [6.07, 6.45) is 2.30. The van der Waals surface area contributed by atoms with Gasteiger partial charge in [-0.1, -0.05) is 61.7 Å². The van der Waals surface area contributed by atoms with Crippen LogP contribution in [0.25, 0.3) is 11.3 Å². The first kappa shape index (κ1) is 19.6. The van der Waals surface area contributed by atoms with Crippen LogP contribution in [0.3, 0.4) is 0 Å². The first-order valence-corrected chi connectivity index (χ1v) is 10.8. The van der Waals surface area contributed by atoms with Crippen LogP contribution in [0.2, 0.25) is 5.02 Å². The molecule has 7 heteroatoms. The molecule has 1 atom stereocenters. The zero-order valence-electron chi connectivity index (χ0n) is 15.9. The average Bonchev–Trinajstić information content (AvgIpc) is 3.31. The Kier molecular flexibility index (Phi) is 5.65. The van der Waals surface area contributed by atoms with Crippen LogP contribution < -0.4 is 10.0 Å². The number of carbonyl (C=O) groups is 2. The fourth-order valence-electron chi connectivity index (χ4n) is 3.36. The van der Waals surface area contributed by atoms with Crippen molar-refractivity contribution in [1.29, 1.82) is 0 Å². The highest BCUT2D eigenvalue weighted by Gasteiger charge is 2.47. The van der Waals surface area contributed by atoms with E-state index in [1.807, 2.05) is 47.8 Å². The second kappa shape index (κ2) is 8.35. The topological polar surface area (TPSA) is 53.5 Å². The Morgan fingerprint density at radius 1 is 1.00 bits per heavy atom. The lowest BCUT2D eigenvalue weighted by molar-refractivity contribution is -0.127. The van der Waals surface area contributed by atoms with E-state index in [2.05, 4.69) is 11.9 Å². The molecule has 1 unspecified atom stereocenters. The molecule has 1 saturated heterocycles. The summed E-state index contributed by atoms with van der Waals surface area (Å²) in [5.41, 5.74) is 2.31. The Morgan fingerprint density at radius 2 is 1.69 bits per heavy atom. The maximum absolute atomic E-state index is 13.2. The molecule has 1 aliphatic heterocycles. The molecule has 1 aliphatic rings. The van der Waals surface area contributed by atoms with Crippen molar-refractivity contribution in [3.8, 4) is 11.3 Å². The van der Waals surface area contributed by atoms with Crippen molar-refractivity contribution in [3.05, 3.63) is 65.0 Å². The first-order valence-electron chi connectivity index (χ1n) is 9.54. The molecule has 0 spiro atoms. The Labute approximate surface area is 178 Å². The highest BCUT2D eigenvalue weighted by molar-refractivity contribution is 7.14. The predicted molar refractivity (Wildman–Crippen MR) is 117 cm³/mol. The number of hydrogen-bond donors (Lipinski definition) is 0. The summed E-state index contributed by atoms with van der Waals surface area (Å²) in [5, 5.41) is 5.92. The largest absolute Gasteiger partial charge is 0.272 e. The third-order valence-corrected chi connectivity index (χ3v) is 5.94. The molecule has 0 saturated carbocycles. The number of rotatable bonds is 6. The van der Waals surface area contributed by atoms with E-state index >= 15 is 0 Å². The third-order valence-electron chi connectivity index (χ3n) is 4.87. The standard InChI is InChI=1S/C22H20ClN3O2S/c1-2-3-9-18-20(27)25(17-7-5-4-6-8-17)26(21(18)28)22-24-19(14-29-22)15-10-12-16(23)13-11-15/h4-8,10-14,18H,2-3,9H2,1H3. The molecule has 0 bridgehead atoms. The number of benzene rings is 2. The fourth-order valence-corrected chi connectivity index (χ4v) is 4.31. The molecule has 0 radical (unpaired) electrons. The van der Waals surface area contributed by atoms with E-state index in [-0.39, 0.29) is 11.8 Å². The summed E-state index contributed by atoms with van der Waals surface area (Å²) < 4.78 is 0. The number of hydrogen-bond acceptors (Lipinski definition) is 4. The van der Waals surface area contributed by atoms with Gasteiger partial charge in [-0.3, -0.25) is 9.59 Å². The van der Waals surface area contributed by atoms with E-state index in [1.165, 1.54) is 21.4 Å². The van der Waals surface area contributed by atoms with Gasteiger partial charge in [-0.15, -0.1) is 11.3 Å². The Balaban J connectivity index is 1.72. The van der Waals surface area contributed by atoms with Crippen molar-refractivity contribution in [1.82, 2.24) is 4.98 Å². The molecule has 0 N–H and O–H groups in total. The summed E-state index contributed by atoms with van der Waals surface area (Å²) in [6, 6.07) is 16.6. The van der Waals surface area contributed by atoms with Crippen molar-refractivity contribution < 1.29 is 9.59 Å². The van der Waals surface area contributed by atoms with Gasteiger partial charge in [0.1, 0.15) is 5.92 Å². The van der Waals surface area contributed by atoms with E-state index in [4.69, 9.17) is 11.6 Å². The minimum Gasteiger partial charge on any atom is -0.272 e. The molecule has 2 aromatic carbocycles. The van der Waals surface area contributed by atoms with Gasteiger partial charge in [0.2, 0.25) is 5.13 Å². The predicted octanol–water partition coefficient (Wildman–Crippen LogP) is 5.56. The summed E-state index contributed by atoms with van der Waals surface area (Å²) in [4.78, 5) is 31.0. The van der Waals surface area contributed by atoms with Crippen molar-refractivity contribution in [2.75, 3.05) is 10.0 Å². The number of para-hydroxylation sites is 1. The van der Waals surface area contributed by atoms with Crippen LogP contribution in [0.4, 0.5) is 10.8 Å². The summed E-state index contributed by atoms with van der Waals surface area (Å²) >= 11 is 7.32. The van der Waals surface area contributed by atoms with Crippen molar-refractivity contribution in [2.24, 2.45) is 5.92 Å². The summed E-state index contributed by atoms with van der Waals surface area (Å²) in [6.45, 7) is 2.05. The van der Waals surface area contributed by atoms with Crippen LogP contribution >= 0.6 is 22.9 Å². The number of nitrogens with zero attached hydrogens (tertiary/aromatic N) is 3. The normalized spacial score (nSPS) is 16.7. The number of aromatic nitrogens is 1. The lowest BCUT2D eigenvalue weighted by Gasteiger charge is -2.25. The quantitative estimate of drug-likeness (QED) is 0.485. The number of anilines is 2. The lowest BCUT2D eigenvalue weighted by Crippen LogP contribution is -2.41. The molecule has 1 aromatic heterocycles. The highest BCUT2D eigenvalue weighted by atomic mass is 35.5. The van der Waals surface area contributed by atoms with Gasteiger partial charge >= 0.3 is 0 Å². The zero-order valence-corrected chi connectivity index (χ0v) is 17.5.